The molecule has 1 aromatic carbocycles. The number of nitrogens with zero attached hydrogens (tertiary/aromatic N) is 3. The fourth-order valence-electron chi connectivity index (χ4n) is 2.59. The summed E-state index contributed by atoms with van der Waals surface area (Å²) in [4.78, 5) is 4.66. The Bertz CT molecular complexity index is 463. The maximum Gasteiger partial charge on any atom is 0.0992 e. The van der Waals surface area contributed by atoms with E-state index in [1.165, 1.54) is 0 Å². The molecule has 0 saturated carbocycles. The van der Waals surface area contributed by atoms with Crippen LogP contribution in [0.5, 0.6) is 0 Å². The first kappa shape index (κ1) is 12.7. The minimum atomic E-state index is 0.411. The van der Waals surface area contributed by atoms with Crippen molar-refractivity contribution in [2.75, 3.05) is 37.3 Å². The minimum absolute atomic E-state index is 0.411. The molecule has 96 valence electrons. The lowest BCUT2D eigenvalue weighted by molar-refractivity contribution is 0.337. The molecule has 4 heteroatoms. The zero-order chi connectivity index (χ0) is 13.1. The van der Waals surface area contributed by atoms with Gasteiger partial charge in [0.05, 0.1) is 23.0 Å². The van der Waals surface area contributed by atoms with Gasteiger partial charge in [-0.2, -0.15) is 5.26 Å². The average molecular weight is 244 g/mol. The van der Waals surface area contributed by atoms with E-state index in [4.69, 9.17) is 11.0 Å². The molecule has 1 atom stereocenters. The number of nitrogens with two attached hydrogens (primary N) is 1. The van der Waals surface area contributed by atoms with Crippen molar-refractivity contribution in [3.8, 4) is 6.07 Å². The molecule has 1 fully saturated rings. The summed E-state index contributed by atoms with van der Waals surface area (Å²) in [6.45, 7) is 5.33. The van der Waals surface area contributed by atoms with Gasteiger partial charge in [0.25, 0.3) is 0 Å². The fraction of sp³-hybridized carbons (Fsp3) is 0.500. The third-order valence-corrected chi connectivity index (χ3v) is 3.52. The van der Waals surface area contributed by atoms with Gasteiger partial charge < -0.3 is 15.5 Å². The van der Waals surface area contributed by atoms with Gasteiger partial charge in [0.15, 0.2) is 0 Å². The van der Waals surface area contributed by atoms with Crippen molar-refractivity contribution in [2.24, 2.45) is 0 Å². The Labute approximate surface area is 109 Å². The van der Waals surface area contributed by atoms with Crippen molar-refractivity contribution in [1.29, 1.82) is 5.26 Å². The van der Waals surface area contributed by atoms with Gasteiger partial charge in [0.2, 0.25) is 0 Å². The van der Waals surface area contributed by atoms with E-state index in [9.17, 15) is 0 Å². The summed E-state index contributed by atoms with van der Waals surface area (Å²) in [5.74, 6) is 0. The highest BCUT2D eigenvalue weighted by Crippen LogP contribution is 2.27. The SMILES string of the molecule is CC1CN(C)CCCN1c1cc(C#N)ccc1N. The number of hydrogen-bond acceptors (Lipinski definition) is 4. The molecule has 1 aliphatic rings. The van der Waals surface area contributed by atoms with Crippen molar-refractivity contribution in [3.63, 3.8) is 0 Å². The lowest BCUT2D eigenvalue weighted by Gasteiger charge is -2.31. The quantitative estimate of drug-likeness (QED) is 0.763. The third-order valence-electron chi connectivity index (χ3n) is 3.52. The first-order chi connectivity index (χ1) is 8.61. The Morgan fingerprint density at radius 3 is 2.89 bits per heavy atom. The number of benzene rings is 1. The standard InChI is InChI=1S/C14H20N4/c1-11-10-17(2)6-3-7-18(11)14-8-12(9-15)4-5-13(14)16/h4-5,8,11H,3,6-7,10,16H2,1-2H3. The number of hydrogen-bond donors (Lipinski definition) is 1. The minimum Gasteiger partial charge on any atom is -0.397 e. The second-order valence-corrected chi connectivity index (χ2v) is 5.04. The molecule has 1 saturated heterocycles. The van der Waals surface area contributed by atoms with E-state index >= 15 is 0 Å². The Morgan fingerprint density at radius 1 is 1.39 bits per heavy atom. The number of rotatable bonds is 1. The summed E-state index contributed by atoms with van der Waals surface area (Å²) in [5, 5.41) is 9.00. The Balaban J connectivity index is 2.32. The number of likely N-dealkylation sites (N-methyl/N-ethyl adjacent to an activating group) is 1. The summed E-state index contributed by atoms with van der Waals surface area (Å²) in [6.07, 6.45) is 1.12. The average Bonchev–Trinajstić information content (AvgIpc) is 2.51. The van der Waals surface area contributed by atoms with Crippen molar-refractivity contribution >= 4 is 11.4 Å². The molecule has 1 unspecified atom stereocenters. The molecule has 2 rings (SSSR count). The second-order valence-electron chi connectivity index (χ2n) is 5.04. The molecule has 0 spiro atoms. The van der Waals surface area contributed by atoms with Gasteiger partial charge in [0, 0.05) is 19.1 Å². The van der Waals surface area contributed by atoms with E-state index in [-0.39, 0.29) is 0 Å². The van der Waals surface area contributed by atoms with Crippen LogP contribution in [0.1, 0.15) is 18.9 Å². The summed E-state index contributed by atoms with van der Waals surface area (Å²) in [7, 11) is 2.15. The maximum atomic E-state index is 9.00. The van der Waals surface area contributed by atoms with Gasteiger partial charge in [-0.1, -0.05) is 0 Å². The first-order valence-electron chi connectivity index (χ1n) is 6.36. The van der Waals surface area contributed by atoms with E-state index in [0.717, 1.165) is 37.4 Å². The topological polar surface area (TPSA) is 56.3 Å². The highest BCUT2D eigenvalue weighted by atomic mass is 15.2. The predicted molar refractivity (Wildman–Crippen MR) is 74.5 cm³/mol. The molecule has 0 aromatic heterocycles. The summed E-state index contributed by atoms with van der Waals surface area (Å²) in [5.41, 5.74) is 8.48. The van der Waals surface area contributed by atoms with Crippen LogP contribution in [0.25, 0.3) is 0 Å². The lowest BCUT2D eigenvalue weighted by Crippen LogP contribution is -2.38. The molecule has 0 bridgehead atoms. The first-order valence-corrected chi connectivity index (χ1v) is 6.36. The van der Waals surface area contributed by atoms with E-state index < -0.39 is 0 Å². The van der Waals surface area contributed by atoms with Crippen LogP contribution in [-0.4, -0.2) is 37.6 Å². The molecule has 1 aromatic rings. The van der Waals surface area contributed by atoms with Gasteiger partial charge in [-0.15, -0.1) is 0 Å². The summed E-state index contributed by atoms with van der Waals surface area (Å²) in [6, 6.07) is 8.09. The van der Waals surface area contributed by atoms with Crippen LogP contribution in [-0.2, 0) is 0 Å². The van der Waals surface area contributed by atoms with Gasteiger partial charge >= 0.3 is 0 Å². The molecule has 2 N–H and O–H groups in total. The van der Waals surface area contributed by atoms with Crippen molar-refractivity contribution in [1.82, 2.24) is 4.90 Å². The molecule has 0 amide bonds. The maximum absolute atomic E-state index is 9.00. The predicted octanol–water partition coefficient (Wildman–Crippen LogP) is 1.67. The van der Waals surface area contributed by atoms with Crippen LogP contribution in [0.15, 0.2) is 18.2 Å². The smallest absolute Gasteiger partial charge is 0.0992 e. The Morgan fingerprint density at radius 2 is 2.17 bits per heavy atom. The fourth-order valence-corrected chi connectivity index (χ4v) is 2.59. The van der Waals surface area contributed by atoms with E-state index in [1.807, 2.05) is 12.1 Å². The van der Waals surface area contributed by atoms with Crippen LogP contribution < -0.4 is 10.6 Å². The van der Waals surface area contributed by atoms with Crippen molar-refractivity contribution < 1.29 is 0 Å². The molecule has 1 heterocycles. The number of nitriles is 1. The zero-order valence-corrected chi connectivity index (χ0v) is 11.1. The zero-order valence-electron chi connectivity index (χ0n) is 11.1. The number of nitrogen functional groups attached to an aromatic ring is 1. The number of anilines is 2. The summed E-state index contributed by atoms with van der Waals surface area (Å²) >= 11 is 0. The van der Waals surface area contributed by atoms with Crippen LogP contribution in [0, 0.1) is 11.3 Å². The monoisotopic (exact) mass is 244 g/mol. The third kappa shape index (κ3) is 2.57. The molecular weight excluding hydrogens is 224 g/mol. The Kier molecular flexibility index (Phi) is 3.73. The van der Waals surface area contributed by atoms with Crippen LogP contribution in [0.3, 0.4) is 0 Å². The highest BCUT2D eigenvalue weighted by Gasteiger charge is 2.21. The summed E-state index contributed by atoms with van der Waals surface area (Å²) < 4.78 is 0. The van der Waals surface area contributed by atoms with Crippen LogP contribution in [0.4, 0.5) is 11.4 Å². The van der Waals surface area contributed by atoms with Crippen molar-refractivity contribution in [2.45, 2.75) is 19.4 Å². The van der Waals surface area contributed by atoms with Gasteiger partial charge in [-0.05, 0) is 45.1 Å². The lowest BCUT2D eigenvalue weighted by atomic mass is 10.1. The molecule has 0 radical (unpaired) electrons. The normalized spacial score (nSPS) is 21.4. The Hall–Kier alpha value is -1.73. The van der Waals surface area contributed by atoms with E-state index in [0.29, 0.717) is 11.6 Å². The molecule has 4 nitrogen and oxygen atoms in total. The molecule has 18 heavy (non-hydrogen) atoms. The van der Waals surface area contributed by atoms with Gasteiger partial charge in [0.1, 0.15) is 0 Å². The molecule has 1 aliphatic heterocycles. The van der Waals surface area contributed by atoms with Crippen molar-refractivity contribution in [3.05, 3.63) is 23.8 Å². The second kappa shape index (κ2) is 5.28. The largest absolute Gasteiger partial charge is 0.397 e. The van der Waals surface area contributed by atoms with Gasteiger partial charge in [-0.25, -0.2) is 0 Å². The van der Waals surface area contributed by atoms with Crippen LogP contribution in [0.2, 0.25) is 0 Å². The van der Waals surface area contributed by atoms with Crippen LogP contribution >= 0.6 is 0 Å². The van der Waals surface area contributed by atoms with Gasteiger partial charge in [-0.3, -0.25) is 0 Å². The molecular formula is C14H20N4. The van der Waals surface area contributed by atoms with E-state index in [2.05, 4.69) is 29.8 Å². The van der Waals surface area contributed by atoms with E-state index in [1.54, 1.807) is 6.07 Å². The highest BCUT2D eigenvalue weighted by molar-refractivity contribution is 5.70. The molecule has 0 aliphatic carbocycles.